The van der Waals surface area contributed by atoms with E-state index in [0.717, 1.165) is 15.6 Å². The Morgan fingerprint density at radius 3 is 2.54 bits per heavy atom. The number of anilines is 1. The normalized spacial score (nSPS) is 11.1. The number of nitrogens with one attached hydrogen (secondary N) is 1. The number of hydrogen-bond donors (Lipinski definition) is 2. The number of hydrogen-bond acceptors (Lipinski definition) is 4. The van der Waals surface area contributed by atoms with Crippen LogP contribution < -0.4 is 5.32 Å². The Labute approximate surface area is 185 Å². The molecule has 4 aromatic rings. The van der Waals surface area contributed by atoms with Crippen LogP contribution in [0.25, 0.3) is 21.9 Å². The fourth-order valence-corrected chi connectivity index (χ4v) is 4.64. The Bertz CT molecular complexity index is 1190. The molecule has 1 aromatic heterocycles. The maximum atomic E-state index is 10.7. The van der Waals surface area contributed by atoms with Gasteiger partial charge in [0.1, 0.15) is 5.75 Å². The van der Waals surface area contributed by atoms with E-state index in [1.807, 2.05) is 30.3 Å². The molecule has 0 fully saturated rings. The van der Waals surface area contributed by atoms with Gasteiger partial charge in [-0.2, -0.15) is 0 Å². The molecule has 0 bridgehead atoms. The number of fused-ring (bicyclic) bond motifs is 1. The van der Waals surface area contributed by atoms with Crippen LogP contribution in [0.15, 0.2) is 48.7 Å². The van der Waals surface area contributed by atoms with Crippen LogP contribution in [0.1, 0.15) is 4.88 Å². The second-order valence-corrected chi connectivity index (χ2v) is 8.88. The van der Waals surface area contributed by atoms with Crippen molar-refractivity contribution in [3.63, 3.8) is 0 Å². The molecular weight excluding hydrogens is 458 g/mol. The van der Waals surface area contributed by atoms with Gasteiger partial charge in [-0.25, -0.2) is 4.98 Å². The predicted molar refractivity (Wildman–Crippen MR) is 121 cm³/mol. The van der Waals surface area contributed by atoms with Crippen LogP contribution in [0.2, 0.25) is 19.5 Å². The Morgan fingerprint density at radius 1 is 1.00 bits per heavy atom. The van der Waals surface area contributed by atoms with Gasteiger partial charge in [-0.1, -0.05) is 76.7 Å². The predicted octanol–water partition coefficient (Wildman–Crippen LogP) is 7.89. The third kappa shape index (κ3) is 3.63. The second kappa shape index (κ2) is 7.97. The van der Waals surface area contributed by atoms with Gasteiger partial charge in [-0.3, -0.25) is 0 Å². The number of aromatic hydroxyl groups is 1. The first-order chi connectivity index (χ1) is 13.5. The number of nitrogens with zero attached hydrogens (tertiary/aromatic N) is 1. The molecule has 2 N–H and O–H groups in total. The van der Waals surface area contributed by atoms with E-state index in [-0.39, 0.29) is 15.8 Å². The zero-order valence-corrected chi connectivity index (χ0v) is 18.0. The minimum absolute atomic E-state index is 0.122. The highest BCUT2D eigenvalue weighted by molar-refractivity contribution is 7.15. The molecule has 0 saturated heterocycles. The van der Waals surface area contributed by atoms with Gasteiger partial charge in [0.25, 0.3) is 0 Å². The summed E-state index contributed by atoms with van der Waals surface area (Å²) in [7, 11) is 0. The molecule has 28 heavy (non-hydrogen) atoms. The van der Waals surface area contributed by atoms with Gasteiger partial charge in [-0.15, -0.1) is 11.3 Å². The number of phenolic OH excluding ortho intramolecular Hbond substituents is 1. The molecular formula is C20H12Cl4N2OS. The molecule has 8 heteroatoms. The van der Waals surface area contributed by atoms with Crippen molar-refractivity contribution in [2.75, 3.05) is 5.32 Å². The van der Waals surface area contributed by atoms with E-state index in [1.54, 1.807) is 18.3 Å². The molecule has 4 rings (SSSR count). The van der Waals surface area contributed by atoms with E-state index >= 15 is 0 Å². The lowest BCUT2D eigenvalue weighted by Gasteiger charge is -2.18. The van der Waals surface area contributed by atoms with Crippen LogP contribution in [0.3, 0.4) is 0 Å². The zero-order valence-electron chi connectivity index (χ0n) is 14.1. The molecule has 0 aliphatic carbocycles. The van der Waals surface area contributed by atoms with E-state index in [4.69, 9.17) is 46.4 Å². The van der Waals surface area contributed by atoms with E-state index < -0.39 is 0 Å². The summed E-state index contributed by atoms with van der Waals surface area (Å²) in [5, 5.41) is 16.6. The fraction of sp³-hybridized carbons (Fsp3) is 0.0500. The molecule has 0 radical (unpaired) electrons. The lowest BCUT2D eigenvalue weighted by atomic mass is 9.95. The Kier molecular flexibility index (Phi) is 5.59. The zero-order chi connectivity index (χ0) is 19.8. The lowest BCUT2D eigenvalue weighted by Crippen LogP contribution is -2.01. The number of phenols is 1. The van der Waals surface area contributed by atoms with Gasteiger partial charge in [0.15, 0.2) is 4.47 Å². The maximum Gasteiger partial charge on any atom is 0.183 e. The van der Waals surface area contributed by atoms with E-state index in [9.17, 15) is 5.11 Å². The van der Waals surface area contributed by atoms with Gasteiger partial charge < -0.3 is 10.4 Å². The second-order valence-electron chi connectivity index (χ2n) is 6.02. The van der Waals surface area contributed by atoms with E-state index in [0.29, 0.717) is 32.8 Å². The average Bonchev–Trinajstić information content (AvgIpc) is 3.10. The van der Waals surface area contributed by atoms with Crippen LogP contribution in [0, 0.1) is 0 Å². The minimum atomic E-state index is 0.122. The van der Waals surface area contributed by atoms with Crippen LogP contribution in [-0.2, 0) is 6.54 Å². The molecule has 0 aliphatic heterocycles. The van der Waals surface area contributed by atoms with Crippen LogP contribution in [-0.4, -0.2) is 10.1 Å². The van der Waals surface area contributed by atoms with Gasteiger partial charge in [-0.05, 0) is 22.9 Å². The standard InChI is InChI=1S/C20H12Cl4N2OS/c21-14-7-13(16-12-4-2-1-3-10(12)5-6-15(16)27)19(18(23)17(14)22)25-8-11-9-26-20(24)28-11/h1-7,9,25,27H,8H2. The summed E-state index contributed by atoms with van der Waals surface area (Å²) in [5.41, 5.74) is 1.86. The fourth-order valence-electron chi connectivity index (χ4n) is 3.05. The van der Waals surface area contributed by atoms with Crippen molar-refractivity contribution >= 4 is 74.2 Å². The summed E-state index contributed by atoms with van der Waals surface area (Å²) in [4.78, 5) is 4.97. The van der Waals surface area contributed by atoms with E-state index in [1.165, 1.54) is 11.3 Å². The Morgan fingerprint density at radius 2 is 1.79 bits per heavy atom. The first-order valence-corrected chi connectivity index (χ1v) is 10.5. The number of thiazole rings is 1. The Balaban J connectivity index is 1.91. The summed E-state index contributed by atoms with van der Waals surface area (Å²) in [6.45, 7) is 0.445. The largest absolute Gasteiger partial charge is 0.507 e. The molecule has 0 atom stereocenters. The monoisotopic (exact) mass is 468 g/mol. The van der Waals surface area contributed by atoms with Gasteiger partial charge in [0, 0.05) is 22.2 Å². The first-order valence-electron chi connectivity index (χ1n) is 8.18. The summed E-state index contributed by atoms with van der Waals surface area (Å²) < 4.78 is 0.462. The molecule has 0 unspecified atom stereocenters. The highest BCUT2D eigenvalue weighted by atomic mass is 35.5. The average molecular weight is 470 g/mol. The van der Waals surface area contributed by atoms with Gasteiger partial charge >= 0.3 is 0 Å². The summed E-state index contributed by atoms with van der Waals surface area (Å²) in [6.07, 6.45) is 1.69. The van der Waals surface area contributed by atoms with Crippen LogP contribution >= 0.6 is 57.7 Å². The third-order valence-corrected chi connectivity index (χ3v) is 6.68. The molecule has 3 aromatic carbocycles. The highest BCUT2D eigenvalue weighted by Crippen LogP contribution is 2.47. The third-order valence-electron chi connectivity index (χ3n) is 4.30. The van der Waals surface area contributed by atoms with Crippen molar-refractivity contribution in [1.29, 1.82) is 0 Å². The van der Waals surface area contributed by atoms with Crippen molar-refractivity contribution in [3.05, 3.63) is 73.1 Å². The minimum Gasteiger partial charge on any atom is -0.507 e. The number of benzene rings is 3. The van der Waals surface area contributed by atoms with Crippen molar-refractivity contribution < 1.29 is 5.11 Å². The summed E-state index contributed by atoms with van der Waals surface area (Å²) in [6, 6.07) is 13.0. The molecule has 0 spiro atoms. The van der Waals surface area contributed by atoms with Gasteiger partial charge in [0.05, 0.1) is 27.3 Å². The number of aromatic nitrogens is 1. The highest BCUT2D eigenvalue weighted by Gasteiger charge is 2.20. The van der Waals surface area contributed by atoms with E-state index in [2.05, 4.69) is 10.3 Å². The molecule has 0 saturated carbocycles. The number of halogens is 4. The summed E-state index contributed by atoms with van der Waals surface area (Å²) >= 11 is 26.4. The lowest BCUT2D eigenvalue weighted by molar-refractivity contribution is 0.478. The molecule has 0 aliphatic rings. The quantitative estimate of drug-likeness (QED) is 0.298. The summed E-state index contributed by atoms with van der Waals surface area (Å²) in [5.74, 6) is 0.122. The van der Waals surface area contributed by atoms with Crippen molar-refractivity contribution in [2.45, 2.75) is 6.54 Å². The molecule has 1 heterocycles. The molecule has 3 nitrogen and oxygen atoms in total. The van der Waals surface area contributed by atoms with Crippen molar-refractivity contribution in [3.8, 4) is 16.9 Å². The smallest absolute Gasteiger partial charge is 0.183 e. The van der Waals surface area contributed by atoms with Crippen molar-refractivity contribution in [1.82, 2.24) is 4.98 Å². The number of rotatable bonds is 4. The Hall–Kier alpha value is -1.69. The molecule has 0 amide bonds. The van der Waals surface area contributed by atoms with Crippen LogP contribution in [0.4, 0.5) is 5.69 Å². The first kappa shape index (κ1) is 19.6. The van der Waals surface area contributed by atoms with Crippen LogP contribution in [0.5, 0.6) is 5.75 Å². The molecule has 142 valence electrons. The topological polar surface area (TPSA) is 45.1 Å². The SMILES string of the molecule is Oc1ccc2ccccc2c1-c1cc(Cl)c(Cl)c(Cl)c1NCc1cnc(Cl)s1. The van der Waals surface area contributed by atoms with Crippen molar-refractivity contribution in [2.24, 2.45) is 0 Å². The van der Waals surface area contributed by atoms with Gasteiger partial charge in [0.2, 0.25) is 0 Å². The maximum absolute atomic E-state index is 10.7.